The molecule has 1 aliphatic heterocycles. The first-order valence-corrected chi connectivity index (χ1v) is 4.30. The summed E-state index contributed by atoms with van der Waals surface area (Å²) in [6.07, 6.45) is 0. The van der Waals surface area contributed by atoms with Gasteiger partial charge in [-0.1, -0.05) is 30.3 Å². The van der Waals surface area contributed by atoms with Gasteiger partial charge in [-0.25, -0.2) is 0 Å². The van der Waals surface area contributed by atoms with Crippen molar-refractivity contribution in [3.63, 3.8) is 0 Å². The molecule has 0 spiro atoms. The molecule has 1 fully saturated rings. The van der Waals surface area contributed by atoms with Crippen molar-refractivity contribution in [1.29, 1.82) is 0 Å². The summed E-state index contributed by atoms with van der Waals surface area (Å²) in [5.74, 6) is 0. The number of benzene rings is 1. The third-order valence-electron chi connectivity index (χ3n) is 1.92. The van der Waals surface area contributed by atoms with Gasteiger partial charge in [-0.3, -0.25) is 0 Å². The van der Waals surface area contributed by atoms with Crippen LogP contribution in [0.5, 0.6) is 0 Å². The van der Waals surface area contributed by atoms with Gasteiger partial charge in [0.1, 0.15) is 0 Å². The highest BCUT2D eigenvalue weighted by atomic mass is 16.5. The zero-order valence-electron chi connectivity index (χ0n) is 6.99. The van der Waals surface area contributed by atoms with E-state index in [2.05, 4.69) is 17.4 Å². The summed E-state index contributed by atoms with van der Waals surface area (Å²) < 4.78 is 5.48. The Bertz CT molecular complexity index is 231. The van der Waals surface area contributed by atoms with E-state index in [1.807, 2.05) is 18.2 Å². The molecular formula is C10H13NO. The zero-order valence-corrected chi connectivity index (χ0v) is 6.99. The van der Waals surface area contributed by atoms with E-state index >= 15 is 0 Å². The van der Waals surface area contributed by atoms with Crippen molar-refractivity contribution in [3.8, 4) is 0 Å². The van der Waals surface area contributed by atoms with E-state index in [4.69, 9.17) is 4.74 Å². The quantitative estimate of drug-likeness (QED) is 0.676. The summed E-state index contributed by atoms with van der Waals surface area (Å²) in [6, 6.07) is 10.9. The highest BCUT2D eigenvalue weighted by Gasteiger charge is 2.19. The van der Waals surface area contributed by atoms with Crippen molar-refractivity contribution in [2.45, 2.75) is 12.6 Å². The Kier molecular flexibility index (Phi) is 2.39. The van der Waals surface area contributed by atoms with Crippen LogP contribution in [0.4, 0.5) is 0 Å². The average molecular weight is 163 g/mol. The van der Waals surface area contributed by atoms with E-state index in [0.717, 1.165) is 19.8 Å². The summed E-state index contributed by atoms with van der Waals surface area (Å²) >= 11 is 0. The smallest absolute Gasteiger partial charge is 0.0717 e. The lowest BCUT2D eigenvalue weighted by molar-refractivity contribution is 0.123. The van der Waals surface area contributed by atoms with Crippen molar-refractivity contribution >= 4 is 0 Å². The molecule has 0 aromatic heterocycles. The fraction of sp³-hybridized carbons (Fsp3) is 0.400. The van der Waals surface area contributed by atoms with E-state index < -0.39 is 0 Å². The van der Waals surface area contributed by atoms with Crippen LogP contribution in [0.3, 0.4) is 0 Å². The standard InChI is InChI=1S/C10H13NO/c1-2-4-9(5-3-1)7-12-8-10-6-11-10/h1-5,10-11H,6-8H2. The number of rotatable bonds is 4. The SMILES string of the molecule is c1ccc(COCC2CN2)cc1. The lowest BCUT2D eigenvalue weighted by Crippen LogP contribution is -2.03. The average Bonchev–Trinajstić information content (AvgIpc) is 2.90. The first-order valence-electron chi connectivity index (χ1n) is 4.30. The Balaban J connectivity index is 1.72. The normalized spacial score (nSPS) is 20.8. The molecule has 1 heterocycles. The second kappa shape index (κ2) is 3.70. The molecule has 0 radical (unpaired) electrons. The third-order valence-corrected chi connectivity index (χ3v) is 1.92. The van der Waals surface area contributed by atoms with E-state index in [0.29, 0.717) is 6.04 Å². The number of ether oxygens (including phenoxy) is 1. The Hall–Kier alpha value is -0.860. The Morgan fingerprint density at radius 3 is 2.75 bits per heavy atom. The minimum Gasteiger partial charge on any atom is -0.375 e. The van der Waals surface area contributed by atoms with Crippen LogP contribution in [0.25, 0.3) is 0 Å². The maximum absolute atomic E-state index is 5.48. The molecule has 2 nitrogen and oxygen atoms in total. The molecule has 1 aromatic carbocycles. The van der Waals surface area contributed by atoms with Crippen molar-refractivity contribution in [3.05, 3.63) is 35.9 Å². The van der Waals surface area contributed by atoms with Crippen LogP contribution in [0.1, 0.15) is 5.56 Å². The Morgan fingerprint density at radius 1 is 1.33 bits per heavy atom. The topological polar surface area (TPSA) is 31.2 Å². The van der Waals surface area contributed by atoms with Crippen molar-refractivity contribution in [1.82, 2.24) is 5.32 Å². The molecule has 0 aliphatic carbocycles. The fourth-order valence-electron chi connectivity index (χ4n) is 1.09. The molecule has 1 unspecified atom stereocenters. The van der Waals surface area contributed by atoms with E-state index in [1.165, 1.54) is 5.56 Å². The van der Waals surface area contributed by atoms with Gasteiger partial charge in [0.05, 0.1) is 13.2 Å². The van der Waals surface area contributed by atoms with Crippen LogP contribution >= 0.6 is 0 Å². The van der Waals surface area contributed by atoms with Gasteiger partial charge in [-0.2, -0.15) is 0 Å². The van der Waals surface area contributed by atoms with Crippen molar-refractivity contribution in [2.24, 2.45) is 0 Å². The Labute approximate surface area is 72.5 Å². The number of hydrogen-bond acceptors (Lipinski definition) is 2. The first kappa shape index (κ1) is 7.77. The fourth-order valence-corrected chi connectivity index (χ4v) is 1.09. The van der Waals surface area contributed by atoms with E-state index in [1.54, 1.807) is 0 Å². The molecule has 64 valence electrons. The summed E-state index contributed by atoms with van der Waals surface area (Å²) in [5.41, 5.74) is 1.25. The van der Waals surface area contributed by atoms with Crippen LogP contribution in [-0.4, -0.2) is 19.2 Å². The molecule has 0 bridgehead atoms. The summed E-state index contributed by atoms with van der Waals surface area (Å²) in [5, 5.41) is 3.20. The summed E-state index contributed by atoms with van der Waals surface area (Å²) in [6.45, 7) is 2.70. The second-order valence-corrected chi connectivity index (χ2v) is 3.11. The molecule has 2 rings (SSSR count). The minimum absolute atomic E-state index is 0.619. The van der Waals surface area contributed by atoms with Crippen molar-refractivity contribution < 1.29 is 4.74 Å². The molecule has 1 saturated heterocycles. The summed E-state index contributed by atoms with van der Waals surface area (Å²) in [4.78, 5) is 0. The largest absolute Gasteiger partial charge is 0.375 e. The van der Waals surface area contributed by atoms with Crippen LogP contribution in [0.2, 0.25) is 0 Å². The van der Waals surface area contributed by atoms with Gasteiger partial charge >= 0.3 is 0 Å². The molecule has 0 amide bonds. The van der Waals surface area contributed by atoms with E-state index in [9.17, 15) is 0 Å². The van der Waals surface area contributed by atoms with Crippen LogP contribution < -0.4 is 5.32 Å². The van der Waals surface area contributed by atoms with Gasteiger partial charge < -0.3 is 10.1 Å². The lowest BCUT2D eigenvalue weighted by Gasteiger charge is -2.01. The highest BCUT2D eigenvalue weighted by molar-refractivity contribution is 5.13. The van der Waals surface area contributed by atoms with E-state index in [-0.39, 0.29) is 0 Å². The highest BCUT2D eigenvalue weighted by Crippen LogP contribution is 2.03. The molecule has 0 saturated carbocycles. The molecule has 1 atom stereocenters. The molecule has 2 heteroatoms. The van der Waals surface area contributed by atoms with Gasteiger partial charge in [0.2, 0.25) is 0 Å². The molecule has 1 aliphatic rings. The lowest BCUT2D eigenvalue weighted by atomic mass is 10.2. The van der Waals surface area contributed by atoms with Crippen LogP contribution in [-0.2, 0) is 11.3 Å². The number of nitrogens with one attached hydrogen (secondary N) is 1. The maximum Gasteiger partial charge on any atom is 0.0717 e. The molecule has 1 N–H and O–H groups in total. The number of hydrogen-bond donors (Lipinski definition) is 1. The third kappa shape index (κ3) is 2.32. The predicted octanol–water partition coefficient (Wildman–Crippen LogP) is 1.18. The van der Waals surface area contributed by atoms with Gasteiger partial charge in [0.15, 0.2) is 0 Å². The summed E-state index contributed by atoms with van der Waals surface area (Å²) in [7, 11) is 0. The minimum atomic E-state index is 0.619. The first-order chi connectivity index (χ1) is 5.95. The monoisotopic (exact) mass is 163 g/mol. The second-order valence-electron chi connectivity index (χ2n) is 3.11. The molecule has 12 heavy (non-hydrogen) atoms. The maximum atomic E-state index is 5.48. The van der Waals surface area contributed by atoms with Gasteiger partial charge in [0, 0.05) is 12.6 Å². The molecule has 1 aromatic rings. The van der Waals surface area contributed by atoms with Crippen LogP contribution in [0.15, 0.2) is 30.3 Å². The van der Waals surface area contributed by atoms with Crippen molar-refractivity contribution in [2.75, 3.05) is 13.2 Å². The molecular weight excluding hydrogens is 150 g/mol. The van der Waals surface area contributed by atoms with Crippen LogP contribution in [0, 0.1) is 0 Å². The van der Waals surface area contributed by atoms with Gasteiger partial charge in [-0.05, 0) is 5.56 Å². The zero-order chi connectivity index (χ0) is 8.23. The van der Waals surface area contributed by atoms with Gasteiger partial charge in [-0.15, -0.1) is 0 Å². The Morgan fingerprint density at radius 2 is 2.08 bits per heavy atom. The van der Waals surface area contributed by atoms with Gasteiger partial charge in [0.25, 0.3) is 0 Å². The predicted molar refractivity (Wildman–Crippen MR) is 47.9 cm³/mol.